The minimum Gasteiger partial charge on any atom is -0.372 e. The first kappa shape index (κ1) is 21.2. The van der Waals surface area contributed by atoms with E-state index in [2.05, 4.69) is 10.6 Å². The molecule has 3 aromatic carbocycles. The number of fused-ring (bicyclic) bond motifs is 1. The first-order valence-corrected chi connectivity index (χ1v) is 10.6. The third kappa shape index (κ3) is 4.11. The van der Waals surface area contributed by atoms with Gasteiger partial charge in [-0.1, -0.05) is 36.4 Å². The van der Waals surface area contributed by atoms with Gasteiger partial charge in [-0.2, -0.15) is 13.2 Å². The molecule has 0 spiro atoms. The number of halogens is 4. The van der Waals surface area contributed by atoms with Crippen LogP contribution in [0.2, 0.25) is 0 Å². The van der Waals surface area contributed by atoms with E-state index in [0.717, 1.165) is 34.8 Å². The summed E-state index contributed by atoms with van der Waals surface area (Å²) in [6, 6.07) is 17.9. The van der Waals surface area contributed by atoms with Crippen molar-refractivity contribution in [2.24, 2.45) is 0 Å². The first-order chi connectivity index (χ1) is 15.8. The third-order valence-corrected chi connectivity index (χ3v) is 6.22. The van der Waals surface area contributed by atoms with Gasteiger partial charge in [-0.15, -0.1) is 0 Å². The highest BCUT2D eigenvalue weighted by molar-refractivity contribution is 6.01. The fourth-order valence-corrected chi connectivity index (χ4v) is 4.58. The number of nitrogens with one attached hydrogen (secondary N) is 2. The van der Waals surface area contributed by atoms with Crippen LogP contribution in [0, 0.1) is 5.82 Å². The molecule has 0 fully saturated rings. The zero-order valence-corrected chi connectivity index (χ0v) is 17.4. The van der Waals surface area contributed by atoms with Crippen LogP contribution in [0.1, 0.15) is 41.5 Å². The third-order valence-electron chi connectivity index (χ3n) is 6.22. The van der Waals surface area contributed by atoms with E-state index in [-0.39, 0.29) is 23.9 Å². The number of benzene rings is 3. The predicted molar refractivity (Wildman–Crippen MR) is 118 cm³/mol. The van der Waals surface area contributed by atoms with Gasteiger partial charge in [0.15, 0.2) is 5.78 Å². The molecule has 7 heteroatoms. The average Bonchev–Trinajstić information content (AvgIpc) is 2.96. The minimum absolute atomic E-state index is 0.0942. The Morgan fingerprint density at radius 3 is 2.09 bits per heavy atom. The summed E-state index contributed by atoms with van der Waals surface area (Å²) in [4.78, 5) is 13.4. The van der Waals surface area contributed by atoms with Crippen LogP contribution in [0.25, 0.3) is 0 Å². The molecule has 0 bridgehead atoms. The van der Waals surface area contributed by atoms with Crippen LogP contribution in [0.15, 0.2) is 84.1 Å². The van der Waals surface area contributed by atoms with Crippen LogP contribution in [-0.4, -0.2) is 5.78 Å². The Morgan fingerprint density at radius 1 is 0.788 bits per heavy atom. The lowest BCUT2D eigenvalue weighted by Crippen LogP contribution is -2.27. The van der Waals surface area contributed by atoms with E-state index in [9.17, 15) is 22.4 Å². The monoisotopic (exact) mass is 452 g/mol. The van der Waals surface area contributed by atoms with Crippen molar-refractivity contribution in [2.45, 2.75) is 31.0 Å². The summed E-state index contributed by atoms with van der Waals surface area (Å²) in [5.41, 5.74) is 3.48. The number of para-hydroxylation sites is 2. The van der Waals surface area contributed by atoms with Crippen LogP contribution in [0.3, 0.4) is 0 Å². The van der Waals surface area contributed by atoms with E-state index in [0.29, 0.717) is 17.6 Å². The van der Waals surface area contributed by atoms with Crippen molar-refractivity contribution in [2.75, 3.05) is 10.6 Å². The van der Waals surface area contributed by atoms with Crippen molar-refractivity contribution in [1.82, 2.24) is 0 Å². The summed E-state index contributed by atoms with van der Waals surface area (Å²) in [6.07, 6.45) is -3.67. The molecule has 168 valence electrons. The average molecular weight is 452 g/mol. The maximum atomic E-state index is 13.4. The van der Waals surface area contributed by atoms with E-state index < -0.39 is 17.8 Å². The summed E-state index contributed by atoms with van der Waals surface area (Å²) in [5.74, 6) is -0.556. The molecule has 5 rings (SSSR count). The molecule has 3 nitrogen and oxygen atoms in total. The summed E-state index contributed by atoms with van der Waals surface area (Å²) in [7, 11) is 0. The van der Waals surface area contributed by atoms with E-state index in [1.807, 2.05) is 24.3 Å². The second-order valence-corrected chi connectivity index (χ2v) is 8.34. The Bertz CT molecular complexity index is 1230. The molecule has 2 aliphatic rings. The molecule has 33 heavy (non-hydrogen) atoms. The smallest absolute Gasteiger partial charge is 0.372 e. The Kier molecular flexibility index (Phi) is 5.19. The standard InChI is InChI=1S/C26H20F4N2O/c27-19-11-7-15(8-12-19)17-13-22-24(23(33)14-17)25(32-21-4-2-1-3-20(21)31-22)16-5-9-18(10-6-16)26(28,29)30/h1-12,17,25,31-32H,13-14H2. The van der Waals surface area contributed by atoms with Crippen molar-refractivity contribution in [3.8, 4) is 0 Å². The molecule has 0 amide bonds. The summed E-state index contributed by atoms with van der Waals surface area (Å²) >= 11 is 0. The summed E-state index contributed by atoms with van der Waals surface area (Å²) in [5, 5.41) is 6.73. The highest BCUT2D eigenvalue weighted by Gasteiger charge is 2.36. The van der Waals surface area contributed by atoms with Crippen molar-refractivity contribution >= 4 is 17.2 Å². The predicted octanol–water partition coefficient (Wildman–Crippen LogP) is 6.82. The topological polar surface area (TPSA) is 41.1 Å². The molecule has 0 saturated carbocycles. The van der Waals surface area contributed by atoms with Crippen LogP contribution in [0.4, 0.5) is 28.9 Å². The van der Waals surface area contributed by atoms with Gasteiger partial charge >= 0.3 is 6.18 Å². The fourth-order valence-electron chi connectivity index (χ4n) is 4.58. The van der Waals surface area contributed by atoms with E-state index >= 15 is 0 Å². The Balaban J connectivity index is 1.57. The molecule has 3 aromatic rings. The van der Waals surface area contributed by atoms with Crippen LogP contribution in [-0.2, 0) is 11.0 Å². The number of ketones is 1. The SMILES string of the molecule is O=C1CC(c2ccc(F)cc2)CC2=C1C(c1ccc(C(F)(F)F)cc1)Nc1ccccc1N2. The van der Waals surface area contributed by atoms with Gasteiger partial charge in [0.25, 0.3) is 0 Å². The molecular weight excluding hydrogens is 432 g/mol. The molecule has 2 unspecified atom stereocenters. The zero-order valence-electron chi connectivity index (χ0n) is 17.4. The lowest BCUT2D eigenvalue weighted by molar-refractivity contribution is -0.137. The second-order valence-electron chi connectivity index (χ2n) is 8.34. The van der Waals surface area contributed by atoms with E-state index in [4.69, 9.17) is 0 Å². The molecule has 1 heterocycles. The van der Waals surface area contributed by atoms with Gasteiger partial charge < -0.3 is 10.6 Å². The zero-order chi connectivity index (χ0) is 23.2. The number of allylic oxidation sites excluding steroid dienone is 1. The molecule has 2 N–H and O–H groups in total. The lowest BCUT2D eigenvalue weighted by Gasteiger charge is -2.30. The molecule has 0 saturated heterocycles. The molecule has 2 atom stereocenters. The first-order valence-electron chi connectivity index (χ1n) is 10.6. The molecule has 0 radical (unpaired) electrons. The van der Waals surface area contributed by atoms with Gasteiger partial charge in [0, 0.05) is 17.7 Å². The van der Waals surface area contributed by atoms with Gasteiger partial charge in [0.2, 0.25) is 0 Å². The van der Waals surface area contributed by atoms with Crippen LogP contribution >= 0.6 is 0 Å². The number of carbonyl (C=O) groups is 1. The van der Waals surface area contributed by atoms with Crippen molar-refractivity contribution in [3.05, 3.63) is 107 Å². The molecule has 1 aliphatic heterocycles. The molecular formula is C26H20F4N2O. The number of hydrogen-bond donors (Lipinski definition) is 2. The van der Waals surface area contributed by atoms with Crippen molar-refractivity contribution < 1.29 is 22.4 Å². The number of hydrogen-bond acceptors (Lipinski definition) is 3. The number of alkyl halides is 3. The molecule has 0 aromatic heterocycles. The second kappa shape index (κ2) is 8.06. The van der Waals surface area contributed by atoms with E-state index in [1.54, 1.807) is 12.1 Å². The lowest BCUT2D eigenvalue weighted by atomic mass is 9.78. The maximum absolute atomic E-state index is 13.4. The fraction of sp³-hybridized carbons (Fsp3) is 0.192. The Hall–Kier alpha value is -3.61. The minimum atomic E-state index is -4.43. The highest BCUT2D eigenvalue weighted by atomic mass is 19.4. The van der Waals surface area contributed by atoms with Gasteiger partial charge in [-0.05, 0) is 59.9 Å². The van der Waals surface area contributed by atoms with Crippen LogP contribution < -0.4 is 10.6 Å². The van der Waals surface area contributed by atoms with E-state index in [1.165, 1.54) is 24.3 Å². The summed E-state index contributed by atoms with van der Waals surface area (Å²) in [6.45, 7) is 0. The van der Waals surface area contributed by atoms with Gasteiger partial charge in [-0.25, -0.2) is 4.39 Å². The number of carbonyl (C=O) groups excluding carboxylic acids is 1. The van der Waals surface area contributed by atoms with Gasteiger partial charge in [0.1, 0.15) is 5.82 Å². The maximum Gasteiger partial charge on any atom is 0.416 e. The largest absolute Gasteiger partial charge is 0.416 e. The van der Waals surface area contributed by atoms with Gasteiger partial charge in [-0.3, -0.25) is 4.79 Å². The normalized spacial score (nSPS) is 20.3. The Morgan fingerprint density at radius 2 is 1.42 bits per heavy atom. The molecule has 1 aliphatic carbocycles. The highest BCUT2D eigenvalue weighted by Crippen LogP contribution is 2.44. The number of rotatable bonds is 2. The number of Topliss-reactive ketones (excluding diaryl/α,β-unsaturated/α-hetero) is 1. The van der Waals surface area contributed by atoms with Gasteiger partial charge in [0.05, 0.1) is 23.0 Å². The number of anilines is 2. The van der Waals surface area contributed by atoms with Crippen molar-refractivity contribution in [3.63, 3.8) is 0 Å². The Labute approximate surface area is 188 Å². The van der Waals surface area contributed by atoms with Crippen LogP contribution in [0.5, 0.6) is 0 Å². The van der Waals surface area contributed by atoms with Crippen molar-refractivity contribution in [1.29, 1.82) is 0 Å². The quantitative estimate of drug-likeness (QED) is 0.419. The summed E-state index contributed by atoms with van der Waals surface area (Å²) < 4.78 is 52.6.